The molecular formula is C20H23ClN2O3S2. The first-order valence-corrected chi connectivity index (χ1v) is 12.0. The fourth-order valence-electron chi connectivity index (χ4n) is 3.93. The highest BCUT2D eigenvalue weighted by atomic mass is 35.5. The van der Waals surface area contributed by atoms with E-state index in [1.807, 2.05) is 43.0 Å². The van der Waals surface area contributed by atoms with Gasteiger partial charge in [0.15, 0.2) is 0 Å². The minimum absolute atomic E-state index is 0.00565. The van der Waals surface area contributed by atoms with Crippen molar-refractivity contribution in [3.8, 4) is 0 Å². The zero-order valence-corrected chi connectivity index (χ0v) is 18.3. The van der Waals surface area contributed by atoms with Crippen LogP contribution in [0, 0.1) is 19.8 Å². The Bertz CT molecular complexity index is 993. The predicted molar refractivity (Wildman–Crippen MR) is 111 cm³/mol. The highest BCUT2D eigenvalue weighted by molar-refractivity contribution is 7.89. The van der Waals surface area contributed by atoms with Gasteiger partial charge < -0.3 is 4.90 Å². The Balaban J connectivity index is 1.37. The molecular weight excluding hydrogens is 416 g/mol. The molecule has 2 atom stereocenters. The van der Waals surface area contributed by atoms with E-state index in [0.29, 0.717) is 36.1 Å². The van der Waals surface area contributed by atoms with Crippen LogP contribution in [0.5, 0.6) is 0 Å². The van der Waals surface area contributed by atoms with Gasteiger partial charge in [-0.05, 0) is 49.9 Å². The van der Waals surface area contributed by atoms with Crippen molar-refractivity contribution >= 4 is 38.9 Å². The van der Waals surface area contributed by atoms with Crippen LogP contribution in [-0.2, 0) is 14.8 Å². The van der Waals surface area contributed by atoms with Gasteiger partial charge in [0, 0.05) is 46.9 Å². The van der Waals surface area contributed by atoms with E-state index in [4.69, 9.17) is 11.6 Å². The molecule has 0 spiro atoms. The van der Waals surface area contributed by atoms with E-state index in [-0.39, 0.29) is 17.7 Å². The summed E-state index contributed by atoms with van der Waals surface area (Å²) >= 11 is 7.43. The summed E-state index contributed by atoms with van der Waals surface area (Å²) in [6.07, 6.45) is 0.854. The zero-order valence-electron chi connectivity index (χ0n) is 15.9. The van der Waals surface area contributed by atoms with E-state index in [9.17, 15) is 13.2 Å². The Kier molecular flexibility index (Phi) is 5.29. The summed E-state index contributed by atoms with van der Waals surface area (Å²) in [7, 11) is -3.49. The maximum absolute atomic E-state index is 12.9. The Labute approximate surface area is 175 Å². The van der Waals surface area contributed by atoms with E-state index in [2.05, 4.69) is 0 Å². The highest BCUT2D eigenvalue weighted by Crippen LogP contribution is 2.48. The molecule has 1 saturated heterocycles. The molecule has 4 rings (SSSR count). The summed E-state index contributed by atoms with van der Waals surface area (Å²) in [5.74, 6) is 0.397. The Morgan fingerprint density at radius 2 is 1.75 bits per heavy atom. The van der Waals surface area contributed by atoms with Crippen LogP contribution in [-0.4, -0.2) is 49.7 Å². The van der Waals surface area contributed by atoms with Gasteiger partial charge in [-0.25, -0.2) is 8.42 Å². The number of carbonyl (C=O) groups is 1. The minimum atomic E-state index is -3.49. The molecule has 150 valence electrons. The molecule has 2 aromatic rings. The SMILES string of the molecule is Cc1cc(S(=O)(=O)N2CCN(C(=O)C3CC3c3ccc(Cl)cc3)CC2)c(C)s1. The Hall–Kier alpha value is -1.41. The lowest BCUT2D eigenvalue weighted by Gasteiger charge is -2.34. The first-order chi connectivity index (χ1) is 13.3. The number of thiophene rings is 1. The second-order valence-corrected chi connectivity index (χ2v) is 11.3. The summed E-state index contributed by atoms with van der Waals surface area (Å²) in [6, 6.07) is 9.42. The summed E-state index contributed by atoms with van der Waals surface area (Å²) in [5.41, 5.74) is 1.15. The van der Waals surface area contributed by atoms with Crippen LogP contribution >= 0.6 is 22.9 Å². The number of nitrogens with zero attached hydrogens (tertiary/aromatic N) is 2. The van der Waals surface area contributed by atoms with E-state index in [0.717, 1.165) is 21.7 Å². The molecule has 2 heterocycles. The number of halogens is 1. The fourth-order valence-corrected chi connectivity index (χ4v) is 7.00. The van der Waals surface area contributed by atoms with Gasteiger partial charge in [-0.1, -0.05) is 23.7 Å². The molecule has 1 amide bonds. The van der Waals surface area contributed by atoms with Crippen molar-refractivity contribution in [2.45, 2.75) is 31.1 Å². The van der Waals surface area contributed by atoms with Crippen molar-refractivity contribution in [1.82, 2.24) is 9.21 Å². The third-order valence-corrected chi connectivity index (χ3v) is 8.94. The average molecular weight is 439 g/mol. The molecule has 1 aliphatic carbocycles. The fraction of sp³-hybridized carbons (Fsp3) is 0.450. The van der Waals surface area contributed by atoms with Crippen LogP contribution < -0.4 is 0 Å². The van der Waals surface area contributed by atoms with Crippen molar-refractivity contribution in [3.05, 3.63) is 50.7 Å². The van der Waals surface area contributed by atoms with Crippen molar-refractivity contribution in [2.24, 2.45) is 5.92 Å². The molecule has 0 radical (unpaired) electrons. The van der Waals surface area contributed by atoms with Crippen LogP contribution in [0.4, 0.5) is 0 Å². The second-order valence-electron chi connectivity index (χ2n) is 7.51. The van der Waals surface area contributed by atoms with Crippen LogP contribution in [0.3, 0.4) is 0 Å². The lowest BCUT2D eigenvalue weighted by atomic mass is 10.1. The predicted octanol–water partition coefficient (Wildman–Crippen LogP) is 3.65. The molecule has 28 heavy (non-hydrogen) atoms. The number of rotatable bonds is 4. The number of hydrogen-bond acceptors (Lipinski definition) is 4. The van der Waals surface area contributed by atoms with Gasteiger partial charge in [-0.2, -0.15) is 4.31 Å². The third-order valence-electron chi connectivity index (χ3n) is 5.57. The monoisotopic (exact) mass is 438 g/mol. The molecule has 1 aromatic heterocycles. The molecule has 0 bridgehead atoms. The number of amides is 1. The maximum Gasteiger partial charge on any atom is 0.244 e. The number of aryl methyl sites for hydroxylation is 2. The maximum atomic E-state index is 12.9. The van der Waals surface area contributed by atoms with Gasteiger partial charge in [0.25, 0.3) is 0 Å². The Morgan fingerprint density at radius 3 is 2.32 bits per heavy atom. The number of sulfonamides is 1. The molecule has 2 fully saturated rings. The van der Waals surface area contributed by atoms with E-state index in [1.54, 1.807) is 6.07 Å². The molecule has 1 saturated carbocycles. The first-order valence-electron chi connectivity index (χ1n) is 9.39. The topological polar surface area (TPSA) is 57.7 Å². The highest BCUT2D eigenvalue weighted by Gasteiger charge is 2.46. The van der Waals surface area contributed by atoms with Crippen LogP contribution in [0.1, 0.15) is 27.7 Å². The van der Waals surface area contributed by atoms with Gasteiger partial charge in [-0.15, -0.1) is 11.3 Å². The number of hydrogen-bond donors (Lipinski definition) is 0. The third kappa shape index (κ3) is 3.73. The van der Waals surface area contributed by atoms with Gasteiger partial charge in [0.1, 0.15) is 0 Å². The van der Waals surface area contributed by atoms with Crippen molar-refractivity contribution in [1.29, 1.82) is 0 Å². The molecule has 8 heteroatoms. The minimum Gasteiger partial charge on any atom is -0.340 e. The summed E-state index contributed by atoms with van der Waals surface area (Å²) in [5, 5.41) is 0.695. The van der Waals surface area contributed by atoms with Crippen molar-refractivity contribution < 1.29 is 13.2 Å². The molecule has 5 nitrogen and oxygen atoms in total. The molecule has 2 aliphatic rings. The largest absolute Gasteiger partial charge is 0.340 e. The number of benzene rings is 1. The lowest BCUT2D eigenvalue weighted by Crippen LogP contribution is -2.51. The van der Waals surface area contributed by atoms with Gasteiger partial charge >= 0.3 is 0 Å². The quantitative estimate of drug-likeness (QED) is 0.732. The standard InChI is InChI=1S/C20H23ClN2O3S2/c1-13-11-19(14(2)27-13)28(25,26)23-9-7-22(8-10-23)20(24)18-12-17(18)15-3-5-16(21)6-4-15/h3-6,11,17-18H,7-10,12H2,1-2H3. The first kappa shape index (κ1) is 19.9. The van der Waals surface area contributed by atoms with Gasteiger partial charge in [0.05, 0.1) is 4.90 Å². The van der Waals surface area contributed by atoms with Crippen LogP contribution in [0.2, 0.25) is 5.02 Å². The van der Waals surface area contributed by atoms with E-state index in [1.165, 1.54) is 15.6 Å². The van der Waals surface area contributed by atoms with E-state index < -0.39 is 10.0 Å². The lowest BCUT2D eigenvalue weighted by molar-refractivity contribution is -0.133. The number of piperazine rings is 1. The number of carbonyl (C=O) groups excluding carboxylic acids is 1. The van der Waals surface area contributed by atoms with Crippen LogP contribution in [0.15, 0.2) is 35.2 Å². The van der Waals surface area contributed by atoms with Crippen LogP contribution in [0.25, 0.3) is 0 Å². The molecule has 0 N–H and O–H groups in total. The Morgan fingerprint density at radius 1 is 1.11 bits per heavy atom. The summed E-state index contributed by atoms with van der Waals surface area (Å²) < 4.78 is 27.4. The van der Waals surface area contributed by atoms with Gasteiger partial charge in [-0.3, -0.25) is 4.79 Å². The summed E-state index contributed by atoms with van der Waals surface area (Å²) in [4.78, 5) is 16.9. The zero-order chi connectivity index (χ0) is 20.1. The van der Waals surface area contributed by atoms with Gasteiger partial charge in [0.2, 0.25) is 15.9 Å². The van der Waals surface area contributed by atoms with Crippen molar-refractivity contribution in [2.75, 3.05) is 26.2 Å². The molecule has 1 aliphatic heterocycles. The second kappa shape index (κ2) is 7.44. The molecule has 2 unspecified atom stereocenters. The summed E-state index contributed by atoms with van der Waals surface area (Å²) in [6.45, 7) is 5.35. The normalized spacial score (nSPS) is 23.0. The van der Waals surface area contributed by atoms with E-state index >= 15 is 0 Å². The average Bonchev–Trinajstić information content (AvgIpc) is 3.39. The smallest absolute Gasteiger partial charge is 0.244 e. The molecule has 1 aromatic carbocycles. The van der Waals surface area contributed by atoms with Crippen molar-refractivity contribution in [3.63, 3.8) is 0 Å².